The topological polar surface area (TPSA) is 40.5 Å². The van der Waals surface area contributed by atoms with Crippen LogP contribution in [-0.4, -0.2) is 10.2 Å². The SMILES string of the molecule is OC(O)c1cc(F)cc(F)c1. The van der Waals surface area contributed by atoms with E-state index in [9.17, 15) is 8.78 Å². The second-order valence-electron chi connectivity index (χ2n) is 2.08. The van der Waals surface area contributed by atoms with Gasteiger partial charge in [-0.05, 0) is 12.1 Å². The molecule has 0 heterocycles. The van der Waals surface area contributed by atoms with Crippen molar-refractivity contribution in [1.82, 2.24) is 0 Å². The molecule has 0 aliphatic carbocycles. The Morgan fingerprint density at radius 2 is 1.45 bits per heavy atom. The second-order valence-corrected chi connectivity index (χ2v) is 2.08. The van der Waals surface area contributed by atoms with Gasteiger partial charge in [-0.3, -0.25) is 0 Å². The van der Waals surface area contributed by atoms with E-state index in [1.165, 1.54) is 0 Å². The van der Waals surface area contributed by atoms with E-state index in [1.54, 1.807) is 0 Å². The summed E-state index contributed by atoms with van der Waals surface area (Å²) in [5.41, 5.74) is -0.192. The normalized spacial score (nSPS) is 10.6. The third-order valence-electron chi connectivity index (χ3n) is 1.18. The fraction of sp³-hybridized carbons (Fsp3) is 0.143. The Balaban J connectivity index is 3.08. The molecule has 4 heteroatoms. The molecule has 0 amide bonds. The van der Waals surface area contributed by atoms with Crippen molar-refractivity contribution in [3.8, 4) is 0 Å². The van der Waals surface area contributed by atoms with Gasteiger partial charge in [0.1, 0.15) is 11.6 Å². The predicted octanol–water partition coefficient (Wildman–Crippen LogP) is 0.948. The molecule has 0 atom stereocenters. The molecule has 2 nitrogen and oxygen atoms in total. The van der Waals surface area contributed by atoms with E-state index >= 15 is 0 Å². The summed E-state index contributed by atoms with van der Waals surface area (Å²) in [7, 11) is 0. The lowest BCUT2D eigenvalue weighted by molar-refractivity contribution is -0.0429. The zero-order chi connectivity index (χ0) is 8.43. The van der Waals surface area contributed by atoms with E-state index in [0.717, 1.165) is 12.1 Å². The molecule has 60 valence electrons. The lowest BCUT2D eigenvalue weighted by Crippen LogP contribution is -1.96. The molecule has 0 aliphatic rings. The molecule has 0 saturated heterocycles. The minimum absolute atomic E-state index is 0.192. The van der Waals surface area contributed by atoms with Crippen LogP contribution in [0, 0.1) is 11.6 Å². The van der Waals surface area contributed by atoms with Gasteiger partial charge in [0.05, 0.1) is 0 Å². The van der Waals surface area contributed by atoms with Crippen molar-refractivity contribution in [2.45, 2.75) is 6.29 Å². The summed E-state index contributed by atoms with van der Waals surface area (Å²) in [5.74, 6) is -1.65. The van der Waals surface area contributed by atoms with Crippen LogP contribution in [0.15, 0.2) is 18.2 Å². The third kappa shape index (κ3) is 1.96. The fourth-order valence-corrected chi connectivity index (χ4v) is 0.724. The van der Waals surface area contributed by atoms with E-state index in [0.29, 0.717) is 6.07 Å². The summed E-state index contributed by atoms with van der Waals surface area (Å²) >= 11 is 0. The number of aliphatic hydroxyl groups is 2. The number of hydrogen-bond donors (Lipinski definition) is 2. The van der Waals surface area contributed by atoms with Crippen molar-refractivity contribution < 1.29 is 19.0 Å². The van der Waals surface area contributed by atoms with Gasteiger partial charge >= 0.3 is 0 Å². The average molecular weight is 160 g/mol. The van der Waals surface area contributed by atoms with Crippen molar-refractivity contribution in [2.24, 2.45) is 0 Å². The smallest absolute Gasteiger partial charge is 0.178 e. The molecular weight excluding hydrogens is 154 g/mol. The van der Waals surface area contributed by atoms with Crippen molar-refractivity contribution in [2.75, 3.05) is 0 Å². The summed E-state index contributed by atoms with van der Waals surface area (Å²) in [5, 5.41) is 17.0. The van der Waals surface area contributed by atoms with Gasteiger partial charge in [-0.15, -0.1) is 0 Å². The molecular formula is C7H6F2O2. The van der Waals surface area contributed by atoms with Crippen molar-refractivity contribution in [1.29, 1.82) is 0 Å². The Kier molecular flexibility index (Phi) is 2.16. The van der Waals surface area contributed by atoms with Crippen LogP contribution in [0.4, 0.5) is 8.78 Å². The van der Waals surface area contributed by atoms with E-state index in [4.69, 9.17) is 10.2 Å². The molecule has 0 bridgehead atoms. The molecule has 2 N–H and O–H groups in total. The van der Waals surface area contributed by atoms with Gasteiger partial charge < -0.3 is 10.2 Å². The Morgan fingerprint density at radius 1 is 1.00 bits per heavy atom. The second kappa shape index (κ2) is 2.94. The highest BCUT2D eigenvalue weighted by molar-refractivity contribution is 5.18. The molecule has 0 unspecified atom stereocenters. The zero-order valence-electron chi connectivity index (χ0n) is 5.46. The first-order valence-electron chi connectivity index (χ1n) is 2.92. The van der Waals surface area contributed by atoms with Crippen molar-refractivity contribution in [3.63, 3.8) is 0 Å². The Labute approximate surface area is 61.7 Å². The van der Waals surface area contributed by atoms with Crippen LogP contribution >= 0.6 is 0 Å². The van der Waals surface area contributed by atoms with Gasteiger partial charge in [-0.2, -0.15) is 0 Å². The predicted molar refractivity (Wildman–Crippen MR) is 33.5 cm³/mol. The molecule has 11 heavy (non-hydrogen) atoms. The van der Waals surface area contributed by atoms with Crippen LogP contribution in [0.3, 0.4) is 0 Å². The average Bonchev–Trinajstić information content (AvgIpc) is 1.85. The molecule has 1 aromatic rings. The maximum Gasteiger partial charge on any atom is 0.178 e. The summed E-state index contributed by atoms with van der Waals surface area (Å²) in [4.78, 5) is 0. The molecule has 0 radical (unpaired) electrons. The molecule has 0 fully saturated rings. The lowest BCUT2D eigenvalue weighted by atomic mass is 10.2. The molecule has 0 spiro atoms. The Morgan fingerprint density at radius 3 is 1.82 bits per heavy atom. The van der Waals surface area contributed by atoms with Gasteiger partial charge in [0.2, 0.25) is 0 Å². The molecule has 0 aromatic heterocycles. The van der Waals surface area contributed by atoms with Gasteiger partial charge in [-0.1, -0.05) is 0 Å². The largest absolute Gasteiger partial charge is 0.364 e. The number of aliphatic hydroxyl groups excluding tert-OH is 1. The lowest BCUT2D eigenvalue weighted by Gasteiger charge is -2.02. The first kappa shape index (κ1) is 8.10. The summed E-state index contributed by atoms with van der Waals surface area (Å²) in [6, 6.07) is 2.37. The first-order valence-corrected chi connectivity index (χ1v) is 2.92. The number of benzene rings is 1. The molecule has 1 rings (SSSR count). The van der Waals surface area contributed by atoms with Gasteiger partial charge in [0.25, 0.3) is 0 Å². The van der Waals surface area contributed by atoms with Crippen LogP contribution in [0.2, 0.25) is 0 Å². The highest BCUT2D eigenvalue weighted by Gasteiger charge is 2.05. The standard InChI is InChI=1S/C7H6F2O2/c8-5-1-4(7(10)11)2-6(9)3-5/h1-3,7,10-11H. The highest BCUT2D eigenvalue weighted by atomic mass is 19.1. The Hall–Kier alpha value is -1.00. The molecule has 0 aliphatic heterocycles. The minimum Gasteiger partial charge on any atom is -0.364 e. The van der Waals surface area contributed by atoms with Gasteiger partial charge in [0.15, 0.2) is 6.29 Å². The van der Waals surface area contributed by atoms with Crippen molar-refractivity contribution >= 4 is 0 Å². The number of halogens is 2. The first-order chi connectivity index (χ1) is 5.09. The zero-order valence-corrected chi connectivity index (χ0v) is 5.46. The maximum atomic E-state index is 12.3. The van der Waals surface area contributed by atoms with E-state index < -0.39 is 17.9 Å². The monoisotopic (exact) mass is 160 g/mol. The summed E-state index contributed by atoms with van der Waals surface area (Å²) < 4.78 is 24.7. The van der Waals surface area contributed by atoms with Crippen LogP contribution in [0.5, 0.6) is 0 Å². The number of hydrogen-bond acceptors (Lipinski definition) is 2. The van der Waals surface area contributed by atoms with Crippen molar-refractivity contribution in [3.05, 3.63) is 35.4 Å². The highest BCUT2D eigenvalue weighted by Crippen LogP contribution is 2.13. The minimum atomic E-state index is -1.83. The molecule has 0 saturated carbocycles. The van der Waals surface area contributed by atoms with Crippen LogP contribution in [0.1, 0.15) is 11.9 Å². The van der Waals surface area contributed by atoms with Gasteiger partial charge in [0, 0.05) is 11.6 Å². The maximum absolute atomic E-state index is 12.3. The quantitative estimate of drug-likeness (QED) is 0.600. The third-order valence-corrected chi connectivity index (χ3v) is 1.18. The Bertz CT molecular complexity index is 240. The summed E-state index contributed by atoms with van der Waals surface area (Å²) in [6.45, 7) is 0. The molecule has 1 aromatic carbocycles. The van der Waals surface area contributed by atoms with E-state index in [-0.39, 0.29) is 5.56 Å². The number of rotatable bonds is 1. The van der Waals surface area contributed by atoms with E-state index in [2.05, 4.69) is 0 Å². The van der Waals surface area contributed by atoms with Crippen LogP contribution < -0.4 is 0 Å². The van der Waals surface area contributed by atoms with E-state index in [1.807, 2.05) is 0 Å². The van der Waals surface area contributed by atoms with Crippen LogP contribution in [-0.2, 0) is 0 Å². The van der Waals surface area contributed by atoms with Crippen LogP contribution in [0.25, 0.3) is 0 Å². The van der Waals surface area contributed by atoms with Gasteiger partial charge in [-0.25, -0.2) is 8.78 Å². The summed E-state index contributed by atoms with van der Waals surface area (Å²) in [6.07, 6.45) is -1.83. The fourth-order valence-electron chi connectivity index (χ4n) is 0.724.